The van der Waals surface area contributed by atoms with E-state index >= 15 is 0 Å². The lowest BCUT2D eigenvalue weighted by Crippen LogP contribution is -2.15. The fraction of sp³-hybridized carbons (Fsp3) is 0.353. The fourth-order valence-corrected chi connectivity index (χ4v) is 2.34. The smallest absolute Gasteiger partial charge is 0.0575 e. The van der Waals surface area contributed by atoms with Gasteiger partial charge in [-0.15, -0.1) is 0 Å². The average molecular weight is 333 g/mol. The lowest BCUT2D eigenvalue weighted by atomic mass is 9.86. The second kappa shape index (κ2) is 6.06. The van der Waals surface area contributed by atoms with E-state index < -0.39 is 0 Å². The standard InChI is InChI=1S/C17H21BrN2/c1-17(2,3)13-6-4-12(5-7-13)10-15(19)16-9-8-14(18)11-20-16/h4-9,11,15H,10,19H2,1-3H3. The molecule has 2 N–H and O–H groups in total. The van der Waals surface area contributed by atoms with Gasteiger partial charge in [-0.2, -0.15) is 0 Å². The quantitative estimate of drug-likeness (QED) is 0.905. The van der Waals surface area contributed by atoms with Gasteiger partial charge in [-0.05, 0) is 51.0 Å². The first-order valence-electron chi connectivity index (χ1n) is 6.83. The zero-order valence-electron chi connectivity index (χ0n) is 12.2. The van der Waals surface area contributed by atoms with Crippen LogP contribution < -0.4 is 5.73 Å². The molecule has 0 bridgehead atoms. The molecule has 20 heavy (non-hydrogen) atoms. The van der Waals surface area contributed by atoms with Crippen molar-refractivity contribution in [1.82, 2.24) is 4.98 Å². The minimum Gasteiger partial charge on any atom is -0.322 e. The van der Waals surface area contributed by atoms with E-state index in [1.165, 1.54) is 11.1 Å². The van der Waals surface area contributed by atoms with Crippen LogP contribution in [0.4, 0.5) is 0 Å². The first-order chi connectivity index (χ1) is 9.36. The molecule has 1 unspecified atom stereocenters. The average Bonchev–Trinajstić information content (AvgIpc) is 2.39. The van der Waals surface area contributed by atoms with Gasteiger partial charge in [0, 0.05) is 10.7 Å². The Morgan fingerprint density at radius 2 is 1.75 bits per heavy atom. The Labute approximate surface area is 129 Å². The third kappa shape index (κ3) is 3.90. The first-order valence-corrected chi connectivity index (χ1v) is 7.62. The summed E-state index contributed by atoms with van der Waals surface area (Å²) in [5.74, 6) is 0. The third-order valence-electron chi connectivity index (χ3n) is 3.41. The lowest BCUT2D eigenvalue weighted by molar-refractivity contribution is 0.589. The van der Waals surface area contributed by atoms with E-state index in [9.17, 15) is 0 Å². The molecule has 1 atom stereocenters. The van der Waals surface area contributed by atoms with Crippen LogP contribution in [0.3, 0.4) is 0 Å². The Hall–Kier alpha value is -1.19. The maximum Gasteiger partial charge on any atom is 0.0575 e. The fourth-order valence-electron chi connectivity index (χ4n) is 2.11. The second-order valence-corrected chi connectivity index (χ2v) is 7.07. The van der Waals surface area contributed by atoms with Crippen LogP contribution in [-0.4, -0.2) is 4.98 Å². The van der Waals surface area contributed by atoms with Gasteiger partial charge in [0.05, 0.1) is 11.7 Å². The van der Waals surface area contributed by atoms with Gasteiger partial charge in [0.2, 0.25) is 0 Å². The van der Waals surface area contributed by atoms with Crippen molar-refractivity contribution >= 4 is 15.9 Å². The summed E-state index contributed by atoms with van der Waals surface area (Å²) >= 11 is 3.38. The molecule has 1 aromatic carbocycles. The van der Waals surface area contributed by atoms with Crippen molar-refractivity contribution in [3.63, 3.8) is 0 Å². The molecule has 0 amide bonds. The molecule has 3 heteroatoms. The van der Waals surface area contributed by atoms with Gasteiger partial charge in [-0.25, -0.2) is 0 Å². The van der Waals surface area contributed by atoms with Gasteiger partial charge >= 0.3 is 0 Å². The first kappa shape index (κ1) is 15.2. The molecule has 0 saturated carbocycles. The molecule has 106 valence electrons. The van der Waals surface area contributed by atoms with Crippen molar-refractivity contribution in [2.24, 2.45) is 5.73 Å². The Bertz CT molecular complexity index is 553. The molecule has 0 aliphatic rings. The van der Waals surface area contributed by atoms with Crippen molar-refractivity contribution in [3.05, 3.63) is 63.9 Å². The molecule has 1 aromatic heterocycles. The predicted molar refractivity (Wildman–Crippen MR) is 87.7 cm³/mol. The summed E-state index contributed by atoms with van der Waals surface area (Å²) < 4.78 is 0.975. The monoisotopic (exact) mass is 332 g/mol. The summed E-state index contributed by atoms with van der Waals surface area (Å²) in [7, 11) is 0. The highest BCUT2D eigenvalue weighted by molar-refractivity contribution is 9.10. The summed E-state index contributed by atoms with van der Waals surface area (Å²) in [6.07, 6.45) is 2.59. The van der Waals surface area contributed by atoms with Crippen molar-refractivity contribution in [3.8, 4) is 0 Å². The Morgan fingerprint density at radius 3 is 2.25 bits per heavy atom. The molecule has 0 fully saturated rings. The summed E-state index contributed by atoms with van der Waals surface area (Å²) in [4.78, 5) is 4.36. The van der Waals surface area contributed by atoms with Crippen LogP contribution in [0, 0.1) is 0 Å². The minimum absolute atomic E-state index is 0.0661. The number of nitrogens with zero attached hydrogens (tertiary/aromatic N) is 1. The number of halogens is 1. The van der Waals surface area contributed by atoms with Crippen LogP contribution in [0.1, 0.15) is 43.6 Å². The van der Waals surface area contributed by atoms with E-state index in [0.717, 1.165) is 16.6 Å². The molecular weight excluding hydrogens is 312 g/mol. The molecule has 2 nitrogen and oxygen atoms in total. The highest BCUT2D eigenvalue weighted by atomic mass is 79.9. The van der Waals surface area contributed by atoms with E-state index in [4.69, 9.17) is 5.73 Å². The van der Waals surface area contributed by atoms with E-state index in [2.05, 4.69) is 66.0 Å². The molecule has 2 aromatic rings. The maximum atomic E-state index is 6.22. The number of hydrogen-bond acceptors (Lipinski definition) is 2. The summed E-state index contributed by atoms with van der Waals surface area (Å²) in [5, 5.41) is 0. The van der Waals surface area contributed by atoms with Crippen molar-refractivity contribution < 1.29 is 0 Å². The zero-order valence-corrected chi connectivity index (χ0v) is 13.8. The van der Waals surface area contributed by atoms with Crippen molar-refractivity contribution in [1.29, 1.82) is 0 Å². The number of pyridine rings is 1. The number of benzene rings is 1. The maximum absolute atomic E-state index is 6.22. The van der Waals surface area contributed by atoms with Crippen LogP contribution in [0.25, 0.3) is 0 Å². The molecule has 1 heterocycles. The normalized spacial score (nSPS) is 13.2. The largest absolute Gasteiger partial charge is 0.322 e. The number of rotatable bonds is 3. The van der Waals surface area contributed by atoms with Crippen LogP contribution in [0.2, 0.25) is 0 Å². The van der Waals surface area contributed by atoms with Gasteiger partial charge in [-0.1, -0.05) is 45.0 Å². The van der Waals surface area contributed by atoms with Gasteiger partial charge in [0.15, 0.2) is 0 Å². The van der Waals surface area contributed by atoms with E-state index in [1.54, 1.807) is 6.20 Å². The Morgan fingerprint density at radius 1 is 1.10 bits per heavy atom. The summed E-state index contributed by atoms with van der Waals surface area (Å²) in [6, 6.07) is 12.6. The zero-order chi connectivity index (χ0) is 14.8. The van der Waals surface area contributed by atoms with Crippen molar-refractivity contribution in [2.45, 2.75) is 38.6 Å². The molecule has 0 aliphatic carbocycles. The summed E-state index contributed by atoms with van der Waals surface area (Å²) in [6.45, 7) is 6.67. The molecule has 0 radical (unpaired) electrons. The van der Waals surface area contributed by atoms with Crippen LogP contribution in [0.15, 0.2) is 47.1 Å². The van der Waals surface area contributed by atoms with Crippen LogP contribution in [0.5, 0.6) is 0 Å². The minimum atomic E-state index is -0.0661. The number of nitrogens with two attached hydrogens (primary N) is 1. The Kier molecular flexibility index (Phi) is 4.61. The highest BCUT2D eigenvalue weighted by Crippen LogP contribution is 2.23. The molecule has 0 aliphatic heterocycles. The second-order valence-electron chi connectivity index (χ2n) is 6.16. The van der Waals surface area contributed by atoms with Gasteiger partial charge < -0.3 is 5.73 Å². The number of hydrogen-bond donors (Lipinski definition) is 1. The van der Waals surface area contributed by atoms with Crippen LogP contribution in [-0.2, 0) is 11.8 Å². The van der Waals surface area contributed by atoms with E-state index in [-0.39, 0.29) is 11.5 Å². The molecule has 0 spiro atoms. The van der Waals surface area contributed by atoms with Gasteiger partial charge in [-0.3, -0.25) is 4.98 Å². The third-order valence-corrected chi connectivity index (χ3v) is 3.87. The van der Waals surface area contributed by atoms with Crippen LogP contribution >= 0.6 is 15.9 Å². The number of aromatic nitrogens is 1. The van der Waals surface area contributed by atoms with Gasteiger partial charge in [0.25, 0.3) is 0 Å². The SMILES string of the molecule is CC(C)(C)c1ccc(CC(N)c2ccc(Br)cn2)cc1. The molecule has 2 rings (SSSR count). The Balaban J connectivity index is 2.08. The highest BCUT2D eigenvalue weighted by Gasteiger charge is 2.14. The molecular formula is C17H21BrN2. The van der Waals surface area contributed by atoms with E-state index in [0.29, 0.717) is 0 Å². The predicted octanol–water partition coefficient (Wildman–Crippen LogP) is 4.38. The van der Waals surface area contributed by atoms with E-state index in [1.807, 2.05) is 12.1 Å². The van der Waals surface area contributed by atoms with Crippen molar-refractivity contribution in [2.75, 3.05) is 0 Å². The van der Waals surface area contributed by atoms with Gasteiger partial charge in [0.1, 0.15) is 0 Å². The molecule has 0 saturated heterocycles. The topological polar surface area (TPSA) is 38.9 Å². The summed E-state index contributed by atoms with van der Waals surface area (Å²) in [5.41, 5.74) is 9.93. The lowest BCUT2D eigenvalue weighted by Gasteiger charge is -2.19.